The van der Waals surface area contributed by atoms with Crippen LogP contribution in [-0.4, -0.2) is 30.3 Å². The normalized spacial score (nSPS) is 10.5. The number of hydrogen-bond acceptors (Lipinski definition) is 6. The quantitative estimate of drug-likeness (QED) is 0.727. The summed E-state index contributed by atoms with van der Waals surface area (Å²) in [6, 6.07) is 8.60. The second-order valence-corrected chi connectivity index (χ2v) is 5.47. The number of ether oxygens (including phenoxy) is 2. The predicted octanol–water partition coefficient (Wildman–Crippen LogP) is 3.80. The number of amides is 1. The minimum absolute atomic E-state index is 0.0234. The first-order valence-electron chi connectivity index (χ1n) is 7.34. The summed E-state index contributed by atoms with van der Waals surface area (Å²) in [5, 5.41) is 10.4. The summed E-state index contributed by atoms with van der Waals surface area (Å²) in [6.45, 7) is 0. The minimum atomic E-state index is -0.664. The zero-order valence-corrected chi connectivity index (χ0v) is 14.5. The van der Waals surface area contributed by atoms with Crippen molar-refractivity contribution < 1.29 is 23.1 Å². The van der Waals surface area contributed by atoms with Crippen molar-refractivity contribution in [1.29, 1.82) is 0 Å². The van der Waals surface area contributed by atoms with Gasteiger partial charge in [0.15, 0.2) is 0 Å². The van der Waals surface area contributed by atoms with E-state index in [0.29, 0.717) is 27.8 Å². The van der Waals surface area contributed by atoms with Gasteiger partial charge in [-0.2, -0.15) is 0 Å². The average molecular weight is 378 g/mol. The highest BCUT2D eigenvalue weighted by atomic mass is 35.5. The number of nitrogens with one attached hydrogen (secondary N) is 1. The molecule has 0 saturated carbocycles. The first-order valence-corrected chi connectivity index (χ1v) is 7.72. The number of rotatable bonds is 5. The van der Waals surface area contributed by atoms with E-state index >= 15 is 0 Å². The summed E-state index contributed by atoms with van der Waals surface area (Å²) in [5.41, 5.74) is 0.673. The van der Waals surface area contributed by atoms with Gasteiger partial charge in [0.05, 0.1) is 24.9 Å². The van der Waals surface area contributed by atoms with Crippen LogP contribution in [0.4, 0.5) is 10.1 Å². The maximum absolute atomic E-state index is 13.3. The predicted molar refractivity (Wildman–Crippen MR) is 92.2 cm³/mol. The molecule has 0 aliphatic carbocycles. The molecule has 0 fully saturated rings. The van der Waals surface area contributed by atoms with Gasteiger partial charge in [0, 0.05) is 17.7 Å². The Hall–Kier alpha value is -3.13. The van der Waals surface area contributed by atoms with E-state index in [1.807, 2.05) is 0 Å². The fourth-order valence-corrected chi connectivity index (χ4v) is 2.42. The highest BCUT2D eigenvalue weighted by molar-refractivity contribution is 6.32. The lowest BCUT2D eigenvalue weighted by atomic mass is 10.2. The molecule has 2 aromatic carbocycles. The molecule has 134 valence electrons. The fourth-order valence-electron chi connectivity index (χ4n) is 2.19. The van der Waals surface area contributed by atoms with Crippen LogP contribution in [0.1, 0.15) is 10.7 Å². The Balaban J connectivity index is 1.85. The molecule has 0 saturated heterocycles. The number of halogens is 2. The summed E-state index contributed by atoms with van der Waals surface area (Å²) in [6.07, 6.45) is 0. The molecule has 0 aliphatic heterocycles. The fraction of sp³-hybridized carbons (Fsp3) is 0.118. The molecule has 0 bridgehead atoms. The van der Waals surface area contributed by atoms with Gasteiger partial charge in [-0.1, -0.05) is 17.7 Å². The number of aromatic nitrogens is 2. The zero-order valence-electron chi connectivity index (χ0n) is 13.7. The summed E-state index contributed by atoms with van der Waals surface area (Å²) in [5.74, 6) is -0.703. The molecule has 0 spiro atoms. The Kier molecular flexibility index (Phi) is 5.04. The van der Waals surface area contributed by atoms with Crippen molar-refractivity contribution in [1.82, 2.24) is 10.2 Å². The maximum Gasteiger partial charge on any atom is 0.313 e. The standard InChI is InChI=1S/C17H13ClFN3O4/c1-24-13-8-12(14(25-2)7-11(13)18)20-15(23)17-22-21-16(26-17)9-4-3-5-10(19)6-9/h3-8H,1-2H3,(H,20,23). The highest BCUT2D eigenvalue weighted by Gasteiger charge is 2.19. The molecule has 3 aromatic rings. The third-order valence-electron chi connectivity index (χ3n) is 3.41. The average Bonchev–Trinajstić information content (AvgIpc) is 3.13. The summed E-state index contributed by atoms with van der Waals surface area (Å²) < 4.78 is 28.9. The van der Waals surface area contributed by atoms with Gasteiger partial charge in [-0.25, -0.2) is 4.39 Å². The van der Waals surface area contributed by atoms with Crippen LogP contribution in [-0.2, 0) is 0 Å². The molecule has 1 N–H and O–H groups in total. The third kappa shape index (κ3) is 3.60. The van der Waals surface area contributed by atoms with Crippen LogP contribution in [0.25, 0.3) is 11.5 Å². The van der Waals surface area contributed by atoms with Gasteiger partial charge < -0.3 is 19.2 Å². The largest absolute Gasteiger partial charge is 0.495 e. The molecule has 9 heteroatoms. The van der Waals surface area contributed by atoms with Gasteiger partial charge in [0.1, 0.15) is 17.3 Å². The topological polar surface area (TPSA) is 86.5 Å². The molecule has 0 radical (unpaired) electrons. The van der Waals surface area contributed by atoms with E-state index < -0.39 is 11.7 Å². The molecule has 0 atom stereocenters. The number of methoxy groups -OCH3 is 2. The van der Waals surface area contributed by atoms with Crippen LogP contribution in [0.5, 0.6) is 11.5 Å². The minimum Gasteiger partial charge on any atom is -0.495 e. The van der Waals surface area contributed by atoms with Gasteiger partial charge >= 0.3 is 11.8 Å². The molecule has 26 heavy (non-hydrogen) atoms. The van der Waals surface area contributed by atoms with Crippen molar-refractivity contribution in [2.24, 2.45) is 0 Å². The Labute approximate surface area is 152 Å². The lowest BCUT2D eigenvalue weighted by molar-refractivity contribution is 0.0990. The lowest BCUT2D eigenvalue weighted by Gasteiger charge is -2.12. The molecular formula is C17H13ClFN3O4. The molecule has 1 amide bonds. The zero-order chi connectivity index (χ0) is 18.7. The summed E-state index contributed by atoms with van der Waals surface area (Å²) >= 11 is 6.03. The molecule has 1 aromatic heterocycles. The molecule has 3 rings (SSSR count). The molecular weight excluding hydrogens is 365 g/mol. The van der Waals surface area contributed by atoms with E-state index in [0.717, 1.165) is 0 Å². The van der Waals surface area contributed by atoms with Gasteiger partial charge in [-0.3, -0.25) is 4.79 Å². The SMILES string of the molecule is COc1cc(NC(=O)c2nnc(-c3cccc(F)c3)o2)c(OC)cc1Cl. The number of carbonyl (C=O) groups is 1. The Bertz CT molecular complexity index is 961. The van der Waals surface area contributed by atoms with Crippen LogP contribution < -0.4 is 14.8 Å². The lowest BCUT2D eigenvalue weighted by Crippen LogP contribution is -2.13. The second kappa shape index (κ2) is 7.40. The second-order valence-electron chi connectivity index (χ2n) is 5.06. The number of benzene rings is 2. The molecule has 0 aliphatic rings. The van der Waals surface area contributed by atoms with Gasteiger partial charge in [0.2, 0.25) is 5.89 Å². The van der Waals surface area contributed by atoms with E-state index in [1.165, 1.54) is 44.6 Å². The number of anilines is 1. The van der Waals surface area contributed by atoms with Crippen LogP contribution in [0.15, 0.2) is 40.8 Å². The van der Waals surface area contributed by atoms with E-state index in [4.69, 9.17) is 25.5 Å². The van der Waals surface area contributed by atoms with Crippen molar-refractivity contribution in [3.8, 4) is 23.0 Å². The monoisotopic (exact) mass is 377 g/mol. The van der Waals surface area contributed by atoms with Gasteiger partial charge in [0.25, 0.3) is 0 Å². The van der Waals surface area contributed by atoms with Crippen molar-refractivity contribution in [3.63, 3.8) is 0 Å². The third-order valence-corrected chi connectivity index (χ3v) is 3.71. The number of carbonyl (C=O) groups excluding carboxylic acids is 1. The molecule has 7 nitrogen and oxygen atoms in total. The first kappa shape index (κ1) is 17.7. The van der Waals surface area contributed by atoms with E-state index in [9.17, 15) is 9.18 Å². The maximum atomic E-state index is 13.3. The van der Waals surface area contributed by atoms with E-state index in [1.54, 1.807) is 6.07 Å². The van der Waals surface area contributed by atoms with Crippen LogP contribution in [0.3, 0.4) is 0 Å². The van der Waals surface area contributed by atoms with Crippen LogP contribution in [0, 0.1) is 5.82 Å². The Morgan fingerprint density at radius 1 is 1.15 bits per heavy atom. The van der Waals surface area contributed by atoms with Crippen molar-refractivity contribution in [2.45, 2.75) is 0 Å². The first-order chi connectivity index (χ1) is 12.5. The smallest absolute Gasteiger partial charge is 0.313 e. The molecule has 0 unspecified atom stereocenters. The highest BCUT2D eigenvalue weighted by Crippen LogP contribution is 2.36. The van der Waals surface area contributed by atoms with Gasteiger partial charge in [-0.15, -0.1) is 10.2 Å². The van der Waals surface area contributed by atoms with E-state index in [2.05, 4.69) is 15.5 Å². The van der Waals surface area contributed by atoms with Crippen molar-refractivity contribution in [3.05, 3.63) is 53.1 Å². The number of hydrogen-bond donors (Lipinski definition) is 1. The Morgan fingerprint density at radius 3 is 2.62 bits per heavy atom. The Morgan fingerprint density at radius 2 is 1.92 bits per heavy atom. The van der Waals surface area contributed by atoms with Crippen molar-refractivity contribution in [2.75, 3.05) is 19.5 Å². The summed E-state index contributed by atoms with van der Waals surface area (Å²) in [4.78, 5) is 12.4. The van der Waals surface area contributed by atoms with E-state index in [-0.39, 0.29) is 11.8 Å². The van der Waals surface area contributed by atoms with Crippen LogP contribution in [0.2, 0.25) is 5.02 Å². The van der Waals surface area contributed by atoms with Crippen molar-refractivity contribution >= 4 is 23.2 Å². The van der Waals surface area contributed by atoms with Crippen LogP contribution >= 0.6 is 11.6 Å². The number of nitrogens with zero attached hydrogens (tertiary/aromatic N) is 2. The molecule has 1 heterocycles. The summed E-state index contributed by atoms with van der Waals surface area (Å²) in [7, 11) is 2.88. The van der Waals surface area contributed by atoms with Gasteiger partial charge in [-0.05, 0) is 18.2 Å².